The average Bonchev–Trinajstić information content (AvgIpc) is 2.72. The van der Waals surface area contributed by atoms with E-state index in [1.807, 2.05) is 35.7 Å². The number of hydrogen-bond acceptors (Lipinski definition) is 3. The minimum atomic E-state index is -0.442. The number of nitrogens with zero attached hydrogens (tertiary/aromatic N) is 1. The minimum absolute atomic E-state index is 0.442. The molecule has 0 amide bonds. The average molecular weight is 205 g/mol. The van der Waals surface area contributed by atoms with Crippen LogP contribution >= 0.6 is 11.3 Å². The standard InChI is InChI=1S/C11H11NOS/c13-10(8-11-12-6-7-14-11)9-4-2-1-3-5-9/h1-7,10,13H,8H2. The van der Waals surface area contributed by atoms with Gasteiger partial charge in [0, 0.05) is 18.0 Å². The van der Waals surface area contributed by atoms with Crippen molar-refractivity contribution in [2.75, 3.05) is 0 Å². The molecule has 1 N–H and O–H groups in total. The number of aliphatic hydroxyl groups is 1. The SMILES string of the molecule is OC(Cc1nccs1)c1ccccc1. The first-order valence-corrected chi connectivity index (χ1v) is 5.35. The van der Waals surface area contributed by atoms with Crippen LogP contribution < -0.4 is 0 Å². The lowest BCUT2D eigenvalue weighted by Gasteiger charge is -2.08. The normalized spacial score (nSPS) is 12.6. The number of aliphatic hydroxyl groups excluding tert-OH is 1. The first kappa shape index (κ1) is 9.37. The van der Waals surface area contributed by atoms with E-state index in [4.69, 9.17) is 0 Å². The van der Waals surface area contributed by atoms with Crippen molar-refractivity contribution in [2.45, 2.75) is 12.5 Å². The molecule has 14 heavy (non-hydrogen) atoms. The Balaban J connectivity index is 2.07. The van der Waals surface area contributed by atoms with Crippen molar-refractivity contribution < 1.29 is 5.11 Å². The molecule has 0 fully saturated rings. The van der Waals surface area contributed by atoms with Gasteiger partial charge in [-0.25, -0.2) is 4.98 Å². The van der Waals surface area contributed by atoms with Gasteiger partial charge in [0.2, 0.25) is 0 Å². The Kier molecular flexibility index (Phi) is 2.91. The van der Waals surface area contributed by atoms with Crippen LogP contribution in [-0.2, 0) is 6.42 Å². The van der Waals surface area contributed by atoms with Crippen molar-refractivity contribution in [1.29, 1.82) is 0 Å². The minimum Gasteiger partial charge on any atom is -0.388 e. The third kappa shape index (κ3) is 2.19. The highest BCUT2D eigenvalue weighted by Crippen LogP contribution is 2.18. The zero-order valence-corrected chi connectivity index (χ0v) is 8.45. The van der Waals surface area contributed by atoms with Crippen LogP contribution in [0.25, 0.3) is 0 Å². The summed E-state index contributed by atoms with van der Waals surface area (Å²) in [5, 5.41) is 12.8. The van der Waals surface area contributed by atoms with Crippen molar-refractivity contribution in [3.63, 3.8) is 0 Å². The molecule has 1 aromatic heterocycles. The maximum Gasteiger partial charge on any atom is 0.0954 e. The lowest BCUT2D eigenvalue weighted by Crippen LogP contribution is -2.00. The smallest absolute Gasteiger partial charge is 0.0954 e. The van der Waals surface area contributed by atoms with Crippen LogP contribution in [0.3, 0.4) is 0 Å². The van der Waals surface area contributed by atoms with Gasteiger partial charge in [0.25, 0.3) is 0 Å². The zero-order chi connectivity index (χ0) is 9.80. The van der Waals surface area contributed by atoms with Gasteiger partial charge in [0.15, 0.2) is 0 Å². The van der Waals surface area contributed by atoms with Gasteiger partial charge in [0.1, 0.15) is 0 Å². The van der Waals surface area contributed by atoms with Crippen molar-refractivity contribution in [2.24, 2.45) is 0 Å². The molecule has 0 bridgehead atoms. The molecule has 3 heteroatoms. The summed E-state index contributed by atoms with van der Waals surface area (Å²) < 4.78 is 0. The van der Waals surface area contributed by atoms with E-state index in [1.165, 1.54) is 0 Å². The van der Waals surface area contributed by atoms with Crippen LogP contribution in [0.1, 0.15) is 16.7 Å². The summed E-state index contributed by atoms with van der Waals surface area (Å²) in [6.45, 7) is 0. The maximum absolute atomic E-state index is 9.86. The number of thiazole rings is 1. The summed E-state index contributed by atoms with van der Waals surface area (Å²) in [7, 11) is 0. The molecule has 0 aliphatic carbocycles. The Labute approximate surface area is 86.9 Å². The molecule has 2 nitrogen and oxygen atoms in total. The van der Waals surface area contributed by atoms with Gasteiger partial charge in [0.05, 0.1) is 11.1 Å². The number of aromatic nitrogens is 1. The largest absolute Gasteiger partial charge is 0.388 e. The lowest BCUT2D eigenvalue weighted by molar-refractivity contribution is 0.178. The molecule has 1 unspecified atom stereocenters. The van der Waals surface area contributed by atoms with E-state index in [9.17, 15) is 5.11 Å². The third-order valence-electron chi connectivity index (χ3n) is 2.04. The Morgan fingerprint density at radius 1 is 1.29 bits per heavy atom. The van der Waals surface area contributed by atoms with Crippen molar-refractivity contribution in [1.82, 2.24) is 4.98 Å². The summed E-state index contributed by atoms with van der Waals surface area (Å²) in [6.07, 6.45) is 1.92. The van der Waals surface area contributed by atoms with Gasteiger partial charge in [-0.2, -0.15) is 0 Å². The van der Waals surface area contributed by atoms with E-state index in [0.29, 0.717) is 6.42 Å². The van der Waals surface area contributed by atoms with Crippen molar-refractivity contribution in [3.8, 4) is 0 Å². The third-order valence-corrected chi connectivity index (χ3v) is 2.84. The Hall–Kier alpha value is -1.19. The Bertz CT molecular complexity index is 371. The van der Waals surface area contributed by atoms with Gasteiger partial charge in [-0.15, -0.1) is 11.3 Å². The van der Waals surface area contributed by atoms with Gasteiger partial charge in [-0.1, -0.05) is 30.3 Å². The number of hydrogen-bond donors (Lipinski definition) is 1. The molecule has 0 saturated heterocycles. The molecular formula is C11H11NOS. The van der Waals surface area contributed by atoms with E-state index in [1.54, 1.807) is 17.5 Å². The monoisotopic (exact) mass is 205 g/mol. The van der Waals surface area contributed by atoms with Crippen LogP contribution in [0.2, 0.25) is 0 Å². The highest BCUT2D eigenvalue weighted by molar-refractivity contribution is 7.09. The van der Waals surface area contributed by atoms with Crippen LogP contribution in [0.15, 0.2) is 41.9 Å². The van der Waals surface area contributed by atoms with E-state index in [2.05, 4.69) is 4.98 Å². The fourth-order valence-corrected chi connectivity index (χ4v) is 1.97. The second-order valence-electron chi connectivity index (χ2n) is 3.06. The quantitative estimate of drug-likeness (QED) is 0.834. The fraction of sp³-hybridized carbons (Fsp3) is 0.182. The summed E-state index contributed by atoms with van der Waals surface area (Å²) >= 11 is 1.57. The molecule has 0 radical (unpaired) electrons. The molecule has 1 atom stereocenters. The first-order valence-electron chi connectivity index (χ1n) is 4.47. The lowest BCUT2D eigenvalue weighted by atomic mass is 10.1. The van der Waals surface area contributed by atoms with Crippen LogP contribution in [0.4, 0.5) is 0 Å². The molecule has 0 spiro atoms. The van der Waals surface area contributed by atoms with Crippen LogP contribution in [-0.4, -0.2) is 10.1 Å². The van der Waals surface area contributed by atoms with Gasteiger partial charge < -0.3 is 5.11 Å². The van der Waals surface area contributed by atoms with Crippen molar-refractivity contribution in [3.05, 3.63) is 52.5 Å². The van der Waals surface area contributed by atoms with Crippen LogP contribution in [0.5, 0.6) is 0 Å². The molecule has 72 valence electrons. The maximum atomic E-state index is 9.86. The molecule has 2 aromatic rings. The van der Waals surface area contributed by atoms with Crippen LogP contribution in [0, 0.1) is 0 Å². The highest BCUT2D eigenvalue weighted by Gasteiger charge is 2.08. The zero-order valence-electron chi connectivity index (χ0n) is 7.63. The molecule has 0 saturated carbocycles. The van der Waals surface area contributed by atoms with Crippen molar-refractivity contribution >= 4 is 11.3 Å². The Morgan fingerprint density at radius 3 is 2.71 bits per heavy atom. The Morgan fingerprint density at radius 2 is 2.07 bits per heavy atom. The number of rotatable bonds is 3. The van der Waals surface area contributed by atoms with Gasteiger partial charge in [-0.3, -0.25) is 0 Å². The summed E-state index contributed by atoms with van der Waals surface area (Å²) in [6, 6.07) is 9.66. The second kappa shape index (κ2) is 4.35. The van der Waals surface area contributed by atoms with E-state index < -0.39 is 6.10 Å². The highest BCUT2D eigenvalue weighted by atomic mass is 32.1. The molecular weight excluding hydrogens is 194 g/mol. The van der Waals surface area contributed by atoms with E-state index >= 15 is 0 Å². The van der Waals surface area contributed by atoms with Gasteiger partial charge >= 0.3 is 0 Å². The predicted octanol–water partition coefficient (Wildman–Crippen LogP) is 2.42. The predicted molar refractivity (Wildman–Crippen MR) is 57.2 cm³/mol. The molecule has 0 aliphatic rings. The first-order chi connectivity index (χ1) is 6.86. The van der Waals surface area contributed by atoms with E-state index in [0.717, 1.165) is 10.6 Å². The molecule has 1 heterocycles. The second-order valence-corrected chi connectivity index (χ2v) is 4.04. The summed E-state index contributed by atoms with van der Waals surface area (Å²) in [5.74, 6) is 0. The fourth-order valence-electron chi connectivity index (χ4n) is 1.31. The molecule has 1 aromatic carbocycles. The number of benzene rings is 1. The summed E-state index contributed by atoms with van der Waals surface area (Å²) in [4.78, 5) is 4.14. The van der Waals surface area contributed by atoms with E-state index in [-0.39, 0.29) is 0 Å². The summed E-state index contributed by atoms with van der Waals surface area (Å²) in [5.41, 5.74) is 0.947. The molecule has 0 aliphatic heterocycles. The topological polar surface area (TPSA) is 33.1 Å². The van der Waals surface area contributed by atoms with Gasteiger partial charge in [-0.05, 0) is 5.56 Å². The molecule has 2 rings (SSSR count).